The second-order valence-corrected chi connectivity index (χ2v) is 6.81. The van der Waals surface area contributed by atoms with Crippen molar-refractivity contribution in [1.29, 1.82) is 0 Å². The largest absolute Gasteiger partial charge is 0.493 e. The van der Waals surface area contributed by atoms with Gasteiger partial charge in [-0.05, 0) is 47.1 Å². The summed E-state index contributed by atoms with van der Waals surface area (Å²) in [6, 6.07) is 7.81. The van der Waals surface area contributed by atoms with Crippen LogP contribution in [0.1, 0.15) is 17.3 Å². The number of hydrogen-bond acceptors (Lipinski definition) is 5. The second-order valence-electron chi connectivity index (χ2n) is 5.14. The lowest BCUT2D eigenvalue weighted by Gasteiger charge is -2.13. The summed E-state index contributed by atoms with van der Waals surface area (Å²) in [5, 5.41) is 3.07. The van der Waals surface area contributed by atoms with Crippen LogP contribution in [0.15, 0.2) is 34.8 Å². The number of anilines is 1. The minimum atomic E-state index is -0.697. The molecule has 2 rings (SSSR count). The fourth-order valence-electron chi connectivity index (χ4n) is 2.13. The molecule has 0 aliphatic heterocycles. The molecule has 1 N–H and O–H groups in total. The number of amides is 1. The van der Waals surface area contributed by atoms with Crippen molar-refractivity contribution in [3.8, 4) is 11.5 Å². The van der Waals surface area contributed by atoms with E-state index in [1.807, 2.05) is 6.92 Å². The van der Waals surface area contributed by atoms with Crippen molar-refractivity contribution in [2.45, 2.75) is 6.92 Å². The van der Waals surface area contributed by atoms with Crippen molar-refractivity contribution in [1.82, 2.24) is 0 Å². The number of rotatable bonds is 7. The molecule has 27 heavy (non-hydrogen) atoms. The summed E-state index contributed by atoms with van der Waals surface area (Å²) in [4.78, 5) is 24.3. The molecule has 0 atom stereocenters. The van der Waals surface area contributed by atoms with Crippen LogP contribution >= 0.6 is 39.1 Å². The van der Waals surface area contributed by atoms with Crippen LogP contribution in [-0.4, -0.2) is 32.2 Å². The Morgan fingerprint density at radius 1 is 1.19 bits per heavy atom. The molecule has 0 aliphatic carbocycles. The summed E-state index contributed by atoms with van der Waals surface area (Å²) in [6.07, 6.45) is 0. The Hall–Kier alpha value is -1.96. The van der Waals surface area contributed by atoms with E-state index in [4.69, 9.17) is 37.4 Å². The third kappa shape index (κ3) is 5.51. The third-order valence-electron chi connectivity index (χ3n) is 3.32. The molecule has 2 aromatic carbocycles. The molecular weight excluding hydrogens is 461 g/mol. The molecule has 0 heterocycles. The number of carbonyl (C=O) groups excluding carboxylic acids is 2. The van der Waals surface area contributed by atoms with E-state index in [0.717, 1.165) is 0 Å². The highest BCUT2D eigenvalue weighted by molar-refractivity contribution is 9.10. The molecule has 144 valence electrons. The molecule has 6 nitrogen and oxygen atoms in total. The lowest BCUT2D eigenvalue weighted by atomic mass is 10.2. The van der Waals surface area contributed by atoms with Gasteiger partial charge in [0.1, 0.15) is 0 Å². The maximum absolute atomic E-state index is 12.3. The van der Waals surface area contributed by atoms with Crippen LogP contribution in [0.3, 0.4) is 0 Å². The van der Waals surface area contributed by atoms with Gasteiger partial charge in [0, 0.05) is 0 Å². The van der Waals surface area contributed by atoms with Gasteiger partial charge in [-0.3, -0.25) is 4.79 Å². The standard InChI is InChI=1S/C18H16BrCl2NO5/c1-3-26-17-11(19)7-10(8-14(17)25-2)18(24)27-9-15(23)22-16-12(20)5-4-6-13(16)21/h4-8H,3,9H2,1-2H3,(H,22,23). The molecule has 0 spiro atoms. The molecule has 0 aromatic heterocycles. The van der Waals surface area contributed by atoms with E-state index in [2.05, 4.69) is 21.2 Å². The van der Waals surface area contributed by atoms with Crippen molar-refractivity contribution in [2.75, 3.05) is 25.6 Å². The van der Waals surface area contributed by atoms with E-state index in [-0.39, 0.29) is 21.3 Å². The van der Waals surface area contributed by atoms with Crippen LogP contribution in [0.25, 0.3) is 0 Å². The summed E-state index contributed by atoms with van der Waals surface area (Å²) in [6.45, 7) is 1.76. The summed E-state index contributed by atoms with van der Waals surface area (Å²) >= 11 is 15.3. The van der Waals surface area contributed by atoms with E-state index >= 15 is 0 Å². The number of halogens is 3. The molecule has 2 aromatic rings. The minimum Gasteiger partial charge on any atom is -0.493 e. The van der Waals surface area contributed by atoms with Crippen LogP contribution < -0.4 is 14.8 Å². The second kappa shape index (κ2) is 9.82. The van der Waals surface area contributed by atoms with Crippen LogP contribution in [0.2, 0.25) is 10.0 Å². The van der Waals surface area contributed by atoms with Gasteiger partial charge in [0.05, 0.1) is 39.5 Å². The summed E-state index contributed by atoms with van der Waals surface area (Å²) in [5.41, 5.74) is 0.457. The zero-order chi connectivity index (χ0) is 20.0. The van der Waals surface area contributed by atoms with Gasteiger partial charge in [0.15, 0.2) is 18.1 Å². The molecule has 0 aliphatic rings. The van der Waals surface area contributed by atoms with Gasteiger partial charge in [0.2, 0.25) is 0 Å². The summed E-state index contributed by atoms with van der Waals surface area (Å²) in [5.74, 6) is -0.430. The van der Waals surface area contributed by atoms with Crippen molar-refractivity contribution in [2.24, 2.45) is 0 Å². The summed E-state index contributed by atoms with van der Waals surface area (Å²) < 4.78 is 16.3. The van der Waals surface area contributed by atoms with Gasteiger partial charge < -0.3 is 19.5 Å². The van der Waals surface area contributed by atoms with Crippen molar-refractivity contribution >= 4 is 56.7 Å². The zero-order valence-electron chi connectivity index (χ0n) is 14.5. The predicted octanol–water partition coefficient (Wildman–Crippen LogP) is 4.96. The SMILES string of the molecule is CCOc1c(Br)cc(C(=O)OCC(=O)Nc2c(Cl)cccc2Cl)cc1OC. The van der Waals surface area contributed by atoms with Gasteiger partial charge in [-0.15, -0.1) is 0 Å². The molecule has 1 amide bonds. The minimum absolute atomic E-state index is 0.200. The Kier molecular flexibility index (Phi) is 7.77. The highest BCUT2D eigenvalue weighted by Gasteiger charge is 2.18. The quantitative estimate of drug-likeness (QED) is 0.571. The fourth-order valence-corrected chi connectivity index (χ4v) is 3.18. The van der Waals surface area contributed by atoms with E-state index in [0.29, 0.717) is 22.6 Å². The molecule has 0 unspecified atom stereocenters. The number of nitrogens with one attached hydrogen (secondary N) is 1. The Bertz CT molecular complexity index is 840. The van der Waals surface area contributed by atoms with Crippen LogP contribution in [0, 0.1) is 0 Å². The average molecular weight is 477 g/mol. The number of esters is 1. The topological polar surface area (TPSA) is 73.9 Å². The zero-order valence-corrected chi connectivity index (χ0v) is 17.6. The Morgan fingerprint density at radius 3 is 2.44 bits per heavy atom. The smallest absolute Gasteiger partial charge is 0.338 e. The van der Waals surface area contributed by atoms with E-state index in [9.17, 15) is 9.59 Å². The van der Waals surface area contributed by atoms with Crippen molar-refractivity contribution < 1.29 is 23.8 Å². The first kappa shape index (κ1) is 21.3. The van der Waals surface area contributed by atoms with Gasteiger partial charge in [-0.25, -0.2) is 4.79 Å². The Balaban J connectivity index is 2.05. The van der Waals surface area contributed by atoms with Crippen molar-refractivity contribution in [3.05, 3.63) is 50.4 Å². The third-order valence-corrected chi connectivity index (χ3v) is 4.53. The summed E-state index contributed by atoms with van der Waals surface area (Å²) in [7, 11) is 1.46. The number of hydrogen-bond donors (Lipinski definition) is 1. The monoisotopic (exact) mass is 475 g/mol. The number of methoxy groups -OCH3 is 1. The molecule has 9 heteroatoms. The van der Waals surface area contributed by atoms with Crippen LogP contribution in [-0.2, 0) is 9.53 Å². The number of para-hydroxylation sites is 1. The Labute approximate surface area is 174 Å². The first-order chi connectivity index (χ1) is 12.9. The Morgan fingerprint density at radius 2 is 1.85 bits per heavy atom. The number of carbonyl (C=O) groups is 2. The molecule has 0 radical (unpaired) electrons. The maximum Gasteiger partial charge on any atom is 0.338 e. The van der Waals surface area contributed by atoms with Gasteiger partial charge >= 0.3 is 5.97 Å². The first-order valence-corrected chi connectivity index (χ1v) is 9.33. The van der Waals surface area contributed by atoms with Gasteiger partial charge in [-0.2, -0.15) is 0 Å². The maximum atomic E-state index is 12.3. The van der Waals surface area contributed by atoms with Gasteiger partial charge in [0.25, 0.3) is 5.91 Å². The molecule has 0 saturated heterocycles. The lowest BCUT2D eigenvalue weighted by molar-refractivity contribution is -0.119. The van der Waals surface area contributed by atoms with Gasteiger partial charge in [-0.1, -0.05) is 29.3 Å². The average Bonchev–Trinajstić information content (AvgIpc) is 2.64. The normalized spacial score (nSPS) is 10.3. The highest BCUT2D eigenvalue weighted by Crippen LogP contribution is 2.37. The highest BCUT2D eigenvalue weighted by atomic mass is 79.9. The number of ether oxygens (including phenoxy) is 3. The van der Waals surface area contributed by atoms with E-state index in [1.54, 1.807) is 18.2 Å². The van der Waals surface area contributed by atoms with Crippen molar-refractivity contribution in [3.63, 3.8) is 0 Å². The number of benzene rings is 2. The molecule has 0 saturated carbocycles. The van der Waals surface area contributed by atoms with E-state index in [1.165, 1.54) is 19.2 Å². The predicted molar refractivity (Wildman–Crippen MR) is 107 cm³/mol. The lowest BCUT2D eigenvalue weighted by Crippen LogP contribution is -2.21. The van der Waals surface area contributed by atoms with Crippen LogP contribution in [0.4, 0.5) is 5.69 Å². The molecule has 0 bridgehead atoms. The van der Waals surface area contributed by atoms with Crippen LogP contribution in [0.5, 0.6) is 11.5 Å². The first-order valence-electron chi connectivity index (χ1n) is 7.78. The van der Waals surface area contributed by atoms with E-state index < -0.39 is 18.5 Å². The fraction of sp³-hybridized carbons (Fsp3) is 0.222. The molecule has 0 fully saturated rings. The molecular formula is C18H16BrCl2NO5.